The van der Waals surface area contributed by atoms with Gasteiger partial charge in [-0.15, -0.1) is 0 Å². The molecule has 0 saturated heterocycles. The lowest BCUT2D eigenvalue weighted by atomic mass is 10.1. The number of carbonyl (C=O) groups is 2. The molecule has 0 aliphatic carbocycles. The highest BCUT2D eigenvalue weighted by molar-refractivity contribution is 5.94. The second-order valence-corrected chi connectivity index (χ2v) is 4.30. The molecule has 110 valence electrons. The first kappa shape index (κ1) is 16.1. The zero-order valence-corrected chi connectivity index (χ0v) is 11.0. The van der Waals surface area contributed by atoms with Crippen molar-refractivity contribution in [3.63, 3.8) is 0 Å². The molecule has 0 aliphatic rings. The number of hydrogen-bond donors (Lipinski definition) is 4. The summed E-state index contributed by atoms with van der Waals surface area (Å²) >= 11 is 0. The van der Waals surface area contributed by atoms with Crippen LogP contribution < -0.4 is 16.5 Å². The van der Waals surface area contributed by atoms with Gasteiger partial charge >= 0.3 is 0 Å². The number of nitrogens with two attached hydrogens (primary N) is 1. The highest BCUT2D eigenvalue weighted by Gasteiger charge is 2.21. The largest absolute Gasteiger partial charge is 0.348 e. The molecule has 0 fully saturated rings. The van der Waals surface area contributed by atoms with Crippen LogP contribution in [0.15, 0.2) is 24.3 Å². The lowest BCUT2D eigenvalue weighted by Gasteiger charge is -2.23. The molecule has 0 heterocycles. The molecule has 1 aromatic rings. The van der Waals surface area contributed by atoms with Gasteiger partial charge in [-0.25, -0.2) is 10.4 Å². The summed E-state index contributed by atoms with van der Waals surface area (Å²) in [5.74, 6) is -0.340. The van der Waals surface area contributed by atoms with Crippen molar-refractivity contribution < 1.29 is 24.6 Å². The number of hydrogen-bond acceptors (Lipinski definition) is 6. The molecule has 0 aliphatic heterocycles. The van der Waals surface area contributed by atoms with Crippen molar-refractivity contribution in [3.8, 4) is 0 Å². The van der Waals surface area contributed by atoms with E-state index in [1.165, 1.54) is 6.92 Å². The summed E-state index contributed by atoms with van der Waals surface area (Å²) in [5.41, 5.74) is 7.60. The summed E-state index contributed by atoms with van der Waals surface area (Å²) in [6.07, 6.45) is 0.342. The van der Waals surface area contributed by atoms with Gasteiger partial charge in [-0.1, -0.05) is 12.1 Å². The van der Waals surface area contributed by atoms with Gasteiger partial charge in [-0.05, 0) is 24.6 Å². The number of nitrogens with one attached hydrogen (secondary N) is 2. The molecule has 0 saturated carbocycles. The van der Waals surface area contributed by atoms with Crippen LogP contribution >= 0.6 is 0 Å². The van der Waals surface area contributed by atoms with E-state index in [-0.39, 0.29) is 19.1 Å². The maximum Gasteiger partial charge on any atom is 0.251 e. The average Bonchev–Trinajstić information content (AvgIpc) is 2.44. The Bertz CT molecular complexity index is 447. The van der Waals surface area contributed by atoms with Crippen molar-refractivity contribution in [2.75, 3.05) is 6.54 Å². The van der Waals surface area contributed by atoms with Crippen LogP contribution in [-0.4, -0.2) is 29.8 Å². The highest BCUT2D eigenvalue weighted by Crippen LogP contribution is 2.06. The minimum absolute atomic E-state index is 0.00811. The van der Waals surface area contributed by atoms with Gasteiger partial charge in [0.05, 0.1) is 6.54 Å². The molecule has 8 nitrogen and oxygen atoms in total. The van der Waals surface area contributed by atoms with Crippen molar-refractivity contribution in [2.45, 2.75) is 19.3 Å². The Balaban J connectivity index is 2.51. The van der Waals surface area contributed by atoms with Gasteiger partial charge in [0.25, 0.3) is 5.91 Å². The van der Waals surface area contributed by atoms with Gasteiger partial charge < -0.3 is 11.1 Å². The summed E-state index contributed by atoms with van der Waals surface area (Å²) in [6, 6.07) is 6.47. The second kappa shape index (κ2) is 7.56. The van der Waals surface area contributed by atoms with Crippen molar-refractivity contribution in [1.82, 2.24) is 10.8 Å². The molecule has 0 aromatic heterocycles. The van der Waals surface area contributed by atoms with Gasteiger partial charge in [-0.2, -0.15) is 0 Å². The molecular formula is C12H17N3O5. The molecule has 0 spiro atoms. The van der Waals surface area contributed by atoms with Crippen molar-refractivity contribution in [2.24, 2.45) is 5.73 Å². The monoisotopic (exact) mass is 283 g/mol. The Labute approximate surface area is 115 Å². The van der Waals surface area contributed by atoms with Gasteiger partial charge in [0.2, 0.25) is 6.41 Å². The summed E-state index contributed by atoms with van der Waals surface area (Å²) < 4.78 is 0. The van der Waals surface area contributed by atoms with E-state index in [4.69, 9.17) is 15.8 Å². The normalized spacial score (nSPS) is 13.3. The van der Waals surface area contributed by atoms with Gasteiger partial charge in [0.1, 0.15) is 6.61 Å². The van der Waals surface area contributed by atoms with Crippen LogP contribution in [0.5, 0.6) is 0 Å². The molecular weight excluding hydrogens is 266 g/mol. The fourth-order valence-electron chi connectivity index (χ4n) is 1.38. The molecule has 1 aromatic carbocycles. The van der Waals surface area contributed by atoms with Crippen molar-refractivity contribution >= 4 is 12.3 Å². The molecule has 1 rings (SSSR count). The van der Waals surface area contributed by atoms with E-state index in [1.807, 2.05) is 5.48 Å². The first-order chi connectivity index (χ1) is 9.48. The van der Waals surface area contributed by atoms with Crippen LogP contribution in [0.3, 0.4) is 0 Å². The van der Waals surface area contributed by atoms with Gasteiger partial charge in [0, 0.05) is 5.56 Å². The Morgan fingerprint density at radius 1 is 1.45 bits per heavy atom. The van der Waals surface area contributed by atoms with Gasteiger partial charge in [0.15, 0.2) is 5.72 Å². The standard InChI is InChI=1S/C12H17N3O5/c1-12(13,20-15-8-16)7-14-11(17)10-4-2-9(3-5-10)6-19-18/h2-5,8,18H,6-7,13H2,1H3,(H,14,17)(H,15,16). The van der Waals surface area contributed by atoms with E-state index in [2.05, 4.69) is 10.2 Å². The minimum atomic E-state index is -1.22. The Hall–Kier alpha value is -2.00. The van der Waals surface area contributed by atoms with E-state index in [0.717, 1.165) is 5.56 Å². The summed E-state index contributed by atoms with van der Waals surface area (Å²) in [7, 11) is 0. The lowest BCUT2D eigenvalue weighted by molar-refractivity contribution is -0.253. The summed E-state index contributed by atoms with van der Waals surface area (Å²) in [5, 5.41) is 10.9. The van der Waals surface area contributed by atoms with Crippen LogP contribution in [0.4, 0.5) is 0 Å². The SMILES string of the molecule is CC(N)(CNC(=O)c1ccc(COO)cc1)ONC=O. The zero-order valence-electron chi connectivity index (χ0n) is 11.0. The van der Waals surface area contributed by atoms with E-state index >= 15 is 0 Å². The molecule has 0 radical (unpaired) electrons. The third-order valence-corrected chi connectivity index (χ3v) is 2.39. The maximum atomic E-state index is 11.8. The van der Waals surface area contributed by atoms with E-state index in [9.17, 15) is 9.59 Å². The molecule has 20 heavy (non-hydrogen) atoms. The zero-order chi connectivity index (χ0) is 15.0. The molecule has 0 bridgehead atoms. The number of carbonyl (C=O) groups excluding carboxylic acids is 2. The van der Waals surface area contributed by atoms with Crippen molar-refractivity contribution in [1.29, 1.82) is 0 Å². The Morgan fingerprint density at radius 3 is 2.65 bits per heavy atom. The third-order valence-electron chi connectivity index (χ3n) is 2.39. The number of amides is 2. The fraction of sp³-hybridized carbons (Fsp3) is 0.333. The first-order valence-electron chi connectivity index (χ1n) is 5.78. The van der Waals surface area contributed by atoms with Crippen LogP contribution in [0.1, 0.15) is 22.8 Å². The van der Waals surface area contributed by atoms with Gasteiger partial charge in [-0.3, -0.25) is 19.7 Å². The number of rotatable bonds is 8. The van der Waals surface area contributed by atoms with Crippen LogP contribution in [0.2, 0.25) is 0 Å². The number of hydroxylamine groups is 1. The predicted molar refractivity (Wildman–Crippen MR) is 69.1 cm³/mol. The molecule has 1 atom stereocenters. The first-order valence-corrected chi connectivity index (χ1v) is 5.78. The van der Waals surface area contributed by atoms with E-state index in [0.29, 0.717) is 12.0 Å². The average molecular weight is 283 g/mol. The van der Waals surface area contributed by atoms with Crippen LogP contribution in [0, 0.1) is 0 Å². The predicted octanol–water partition coefficient (Wildman–Crippen LogP) is -0.242. The minimum Gasteiger partial charge on any atom is -0.348 e. The van der Waals surface area contributed by atoms with Crippen molar-refractivity contribution in [3.05, 3.63) is 35.4 Å². The van der Waals surface area contributed by atoms with Crippen LogP contribution in [-0.2, 0) is 21.1 Å². The maximum absolute atomic E-state index is 11.8. The van der Waals surface area contributed by atoms with E-state index < -0.39 is 5.72 Å². The number of benzene rings is 1. The smallest absolute Gasteiger partial charge is 0.251 e. The Kier molecular flexibility index (Phi) is 6.07. The Morgan fingerprint density at radius 2 is 2.10 bits per heavy atom. The second-order valence-electron chi connectivity index (χ2n) is 4.30. The van der Waals surface area contributed by atoms with Crippen LogP contribution in [0.25, 0.3) is 0 Å². The third kappa shape index (κ3) is 5.33. The highest BCUT2D eigenvalue weighted by atomic mass is 17.1. The lowest BCUT2D eigenvalue weighted by Crippen LogP contribution is -2.52. The molecule has 2 amide bonds. The topological polar surface area (TPSA) is 123 Å². The fourth-order valence-corrected chi connectivity index (χ4v) is 1.38. The quantitative estimate of drug-likeness (QED) is 0.226. The molecule has 5 N–H and O–H groups in total. The van der Waals surface area contributed by atoms with E-state index in [1.54, 1.807) is 24.3 Å². The summed E-state index contributed by atoms with van der Waals surface area (Å²) in [6.45, 7) is 1.56. The molecule has 1 unspecified atom stereocenters. The summed E-state index contributed by atoms with van der Waals surface area (Å²) in [4.78, 5) is 30.7. The molecule has 8 heteroatoms.